The van der Waals surface area contributed by atoms with Gasteiger partial charge in [-0.15, -0.1) is 0 Å². The molecule has 0 spiro atoms. The van der Waals surface area contributed by atoms with Crippen LogP contribution in [0, 0.1) is 0 Å². The van der Waals surface area contributed by atoms with Crippen LogP contribution in [0.25, 0.3) is 0 Å². The van der Waals surface area contributed by atoms with Crippen molar-refractivity contribution in [3.63, 3.8) is 0 Å². The minimum atomic E-state index is -1.92. The SMILES string of the molecule is [Cl][Ir]([Cl])[Cl].c1ccc(P(c2ccccc2)c2ccccc2)cc1.c1ccc(P(c2ccccc2)c2ccccc2)cc1. The first-order valence-corrected chi connectivity index (χ1v) is 24.8. The van der Waals surface area contributed by atoms with Crippen molar-refractivity contribution in [2.75, 3.05) is 0 Å². The number of hydrogen-bond donors (Lipinski definition) is 0. The zero-order valence-corrected chi connectivity index (χ0v) is 29.1. The predicted molar refractivity (Wildman–Crippen MR) is 188 cm³/mol. The average Bonchev–Trinajstić information content (AvgIpc) is 3.05. The van der Waals surface area contributed by atoms with Crippen molar-refractivity contribution in [2.45, 2.75) is 0 Å². The summed E-state index contributed by atoms with van der Waals surface area (Å²) in [5, 5.41) is 8.39. The fraction of sp³-hybridized carbons (Fsp3) is 0. The molecule has 6 heteroatoms. The fourth-order valence-corrected chi connectivity index (χ4v) is 8.97. The molecule has 0 atom stereocenters. The molecule has 0 amide bonds. The Kier molecular flexibility index (Phi) is 14.3. The van der Waals surface area contributed by atoms with Crippen molar-refractivity contribution in [1.82, 2.24) is 0 Å². The van der Waals surface area contributed by atoms with Crippen LogP contribution in [-0.2, 0) is 13.5 Å². The summed E-state index contributed by atoms with van der Waals surface area (Å²) in [4.78, 5) is 0. The average molecular weight is 823 g/mol. The molecule has 0 aliphatic carbocycles. The molecule has 0 saturated carbocycles. The normalized spacial score (nSPS) is 10.6. The Morgan fingerprint density at radius 1 is 0.262 bits per heavy atom. The van der Waals surface area contributed by atoms with Gasteiger partial charge in [0.05, 0.1) is 0 Å². The van der Waals surface area contributed by atoms with E-state index in [-0.39, 0.29) is 0 Å². The molecule has 0 heterocycles. The molecule has 0 fully saturated rings. The van der Waals surface area contributed by atoms with Gasteiger partial charge in [-0.1, -0.05) is 182 Å². The second-order valence-electron chi connectivity index (χ2n) is 8.83. The molecule has 42 heavy (non-hydrogen) atoms. The van der Waals surface area contributed by atoms with Gasteiger partial charge in [0, 0.05) is 0 Å². The molecule has 0 nitrogen and oxygen atoms in total. The van der Waals surface area contributed by atoms with Gasteiger partial charge in [-0.3, -0.25) is 0 Å². The summed E-state index contributed by atoms with van der Waals surface area (Å²) in [7, 11) is 14.0. The van der Waals surface area contributed by atoms with Crippen molar-refractivity contribution in [3.05, 3.63) is 182 Å². The van der Waals surface area contributed by atoms with Crippen molar-refractivity contribution in [1.29, 1.82) is 0 Å². The molecule has 0 aliphatic heterocycles. The van der Waals surface area contributed by atoms with Gasteiger partial charge in [-0.25, -0.2) is 0 Å². The van der Waals surface area contributed by atoms with E-state index < -0.39 is 29.3 Å². The first-order chi connectivity index (χ1) is 20.6. The maximum Gasteiger partial charge on any atom is -0.0134 e. The van der Waals surface area contributed by atoms with E-state index in [1.807, 2.05) is 0 Å². The Morgan fingerprint density at radius 3 is 0.500 bits per heavy atom. The summed E-state index contributed by atoms with van der Waals surface area (Å²) >= 11 is -1.92. The van der Waals surface area contributed by atoms with Crippen molar-refractivity contribution >= 4 is 76.4 Å². The van der Waals surface area contributed by atoms with E-state index >= 15 is 0 Å². The molecule has 6 aromatic rings. The summed E-state index contributed by atoms with van der Waals surface area (Å²) < 4.78 is 0. The zero-order chi connectivity index (χ0) is 29.4. The molecule has 0 saturated heterocycles. The summed E-state index contributed by atoms with van der Waals surface area (Å²) in [6, 6.07) is 64.7. The van der Waals surface area contributed by atoms with E-state index in [4.69, 9.17) is 28.8 Å². The van der Waals surface area contributed by atoms with E-state index in [2.05, 4.69) is 182 Å². The van der Waals surface area contributed by atoms with E-state index in [1.54, 1.807) is 0 Å². The first kappa shape index (κ1) is 32.6. The van der Waals surface area contributed by atoms with Crippen LogP contribution in [0.4, 0.5) is 0 Å². The fourth-order valence-electron chi connectivity index (χ4n) is 4.36. The molecule has 0 aromatic heterocycles. The van der Waals surface area contributed by atoms with Crippen molar-refractivity contribution in [3.8, 4) is 0 Å². The Morgan fingerprint density at radius 2 is 0.381 bits per heavy atom. The molecule has 214 valence electrons. The molecule has 0 N–H and O–H groups in total. The van der Waals surface area contributed by atoms with Crippen LogP contribution in [0.2, 0.25) is 0 Å². The minimum Gasteiger partial charge on any atom is -0.0622 e. The van der Waals surface area contributed by atoms with Gasteiger partial charge >= 0.3 is 42.2 Å². The van der Waals surface area contributed by atoms with Crippen LogP contribution in [0.1, 0.15) is 0 Å². The maximum absolute atomic E-state index is 4.97. The summed E-state index contributed by atoms with van der Waals surface area (Å²) in [6.07, 6.45) is 0. The molecule has 0 aliphatic rings. The van der Waals surface area contributed by atoms with Crippen LogP contribution in [0.3, 0.4) is 0 Å². The summed E-state index contributed by atoms with van der Waals surface area (Å²) in [5.41, 5.74) is 0. The van der Waals surface area contributed by atoms with Crippen LogP contribution in [-0.4, -0.2) is 0 Å². The topological polar surface area (TPSA) is 0 Å². The second kappa shape index (κ2) is 18.4. The van der Waals surface area contributed by atoms with Crippen LogP contribution in [0.15, 0.2) is 182 Å². The molecule has 0 radical (unpaired) electrons. The van der Waals surface area contributed by atoms with Crippen molar-refractivity contribution < 1.29 is 13.5 Å². The molecular weight excluding hydrogens is 793 g/mol. The van der Waals surface area contributed by atoms with E-state index in [0.717, 1.165) is 0 Å². The Bertz CT molecular complexity index is 1230. The third kappa shape index (κ3) is 10.5. The number of halogens is 3. The number of hydrogen-bond acceptors (Lipinski definition) is 0. The van der Waals surface area contributed by atoms with Gasteiger partial charge in [0.25, 0.3) is 0 Å². The third-order valence-electron chi connectivity index (χ3n) is 6.09. The maximum atomic E-state index is 4.97. The first-order valence-electron chi connectivity index (χ1n) is 13.2. The van der Waals surface area contributed by atoms with E-state index in [1.165, 1.54) is 31.8 Å². The smallest absolute Gasteiger partial charge is 0.0134 e. The summed E-state index contributed by atoms with van der Waals surface area (Å²) in [5.74, 6) is 0. The quantitative estimate of drug-likeness (QED) is 0.147. The van der Waals surface area contributed by atoms with Gasteiger partial charge in [-0.05, 0) is 47.7 Å². The Hall–Kier alpha value is -2.30. The number of rotatable bonds is 6. The van der Waals surface area contributed by atoms with E-state index in [9.17, 15) is 0 Å². The second-order valence-corrected chi connectivity index (χ2v) is 23.6. The summed E-state index contributed by atoms with van der Waals surface area (Å²) in [6.45, 7) is 0. The minimum absolute atomic E-state index is 0.446. The molecule has 0 unspecified atom stereocenters. The van der Waals surface area contributed by atoms with Gasteiger partial charge in [0.2, 0.25) is 0 Å². The van der Waals surface area contributed by atoms with Crippen LogP contribution >= 0.6 is 44.6 Å². The third-order valence-corrected chi connectivity index (χ3v) is 11.0. The predicted octanol–water partition coefficient (Wildman–Crippen LogP) is 8.96. The van der Waals surface area contributed by atoms with Gasteiger partial charge in [-0.2, -0.15) is 0 Å². The standard InChI is InChI=1S/2C18H15P.3ClH.Ir/c2*1-4-10-16(11-5-1)19(17-12-6-2-7-13-17)18-14-8-3-9-15-18;;;;/h2*1-15H;3*1H;/q;;;;;+3/p-3. The zero-order valence-electron chi connectivity index (χ0n) is 22.7. The Balaban J connectivity index is 0.000000171. The molecular formula is C36H30Cl3IrP2. The molecule has 6 rings (SSSR count). The van der Waals surface area contributed by atoms with E-state index in [0.29, 0.717) is 0 Å². The monoisotopic (exact) mass is 822 g/mol. The molecule has 0 bridgehead atoms. The van der Waals surface area contributed by atoms with Gasteiger partial charge < -0.3 is 0 Å². The van der Waals surface area contributed by atoms with Crippen LogP contribution in [0.5, 0.6) is 0 Å². The van der Waals surface area contributed by atoms with Crippen LogP contribution < -0.4 is 31.8 Å². The molecule has 6 aromatic carbocycles. The van der Waals surface area contributed by atoms with Gasteiger partial charge in [0.15, 0.2) is 0 Å². The number of benzene rings is 6. The Labute approximate surface area is 270 Å². The van der Waals surface area contributed by atoms with Gasteiger partial charge in [0.1, 0.15) is 0 Å². The van der Waals surface area contributed by atoms with Crippen molar-refractivity contribution in [2.24, 2.45) is 0 Å². The largest absolute Gasteiger partial charge is 0.0622 e.